The molecule has 148 valence electrons. The molecule has 1 saturated heterocycles. The van der Waals surface area contributed by atoms with Gasteiger partial charge >= 0.3 is 0 Å². The van der Waals surface area contributed by atoms with Crippen molar-refractivity contribution >= 4 is 10.9 Å². The minimum absolute atomic E-state index is 0.287. The Morgan fingerprint density at radius 1 is 1.11 bits per heavy atom. The number of ether oxygens (including phenoxy) is 1. The van der Waals surface area contributed by atoms with E-state index in [1.165, 1.54) is 36.6 Å². The lowest BCUT2D eigenvalue weighted by Gasteiger charge is -2.31. The summed E-state index contributed by atoms with van der Waals surface area (Å²) in [6.07, 6.45) is 11.5. The summed E-state index contributed by atoms with van der Waals surface area (Å²) in [5, 5.41) is 1.26. The van der Waals surface area contributed by atoms with Gasteiger partial charge in [0.2, 0.25) is 0 Å². The van der Waals surface area contributed by atoms with Gasteiger partial charge in [0.25, 0.3) is 0 Å². The summed E-state index contributed by atoms with van der Waals surface area (Å²) in [6, 6.07) is 9.42. The van der Waals surface area contributed by atoms with Crippen LogP contribution < -0.4 is 4.74 Å². The first-order valence-corrected chi connectivity index (χ1v) is 10.7. The number of aromatic nitrogens is 2. The number of oxazole rings is 1. The number of aryl methyl sites for hydroxylation is 1. The van der Waals surface area contributed by atoms with Crippen LogP contribution in [0.5, 0.6) is 5.75 Å². The van der Waals surface area contributed by atoms with Gasteiger partial charge in [-0.05, 0) is 50.8 Å². The van der Waals surface area contributed by atoms with E-state index in [0.717, 1.165) is 49.7 Å². The fourth-order valence-electron chi connectivity index (χ4n) is 4.82. The molecule has 5 heteroatoms. The number of nitrogens with zero attached hydrogens (tertiary/aromatic N) is 3. The molecule has 3 heterocycles. The number of hydrogen-bond donors (Lipinski definition) is 0. The second-order valence-electron chi connectivity index (χ2n) is 8.30. The van der Waals surface area contributed by atoms with Gasteiger partial charge in [0.15, 0.2) is 6.39 Å². The average Bonchev–Trinajstić information content (AvgIpc) is 3.45. The first-order valence-electron chi connectivity index (χ1n) is 10.7. The third-order valence-electron chi connectivity index (χ3n) is 6.49. The SMILES string of the molecule is Cc1ocnc1CN1CCC(Oc2cccc3c2ccn3C2CCCC2)CC1. The summed E-state index contributed by atoms with van der Waals surface area (Å²) in [5.74, 6) is 1.97. The summed E-state index contributed by atoms with van der Waals surface area (Å²) < 4.78 is 14.3. The molecule has 1 aromatic carbocycles. The molecule has 0 amide bonds. The summed E-state index contributed by atoms with van der Waals surface area (Å²) in [7, 11) is 0. The van der Waals surface area contributed by atoms with Crippen LogP contribution in [0.3, 0.4) is 0 Å². The van der Waals surface area contributed by atoms with Crippen LogP contribution in [0.2, 0.25) is 0 Å². The molecule has 0 spiro atoms. The molecular formula is C23H29N3O2. The van der Waals surface area contributed by atoms with Crippen molar-refractivity contribution in [2.24, 2.45) is 0 Å². The maximum absolute atomic E-state index is 6.48. The zero-order valence-electron chi connectivity index (χ0n) is 16.6. The first kappa shape index (κ1) is 17.8. The first-order chi connectivity index (χ1) is 13.8. The predicted molar refractivity (Wildman–Crippen MR) is 110 cm³/mol. The Bertz CT molecular complexity index is 930. The Hall–Kier alpha value is -2.27. The largest absolute Gasteiger partial charge is 0.490 e. The molecular weight excluding hydrogens is 350 g/mol. The fraction of sp³-hybridized carbons (Fsp3) is 0.522. The van der Waals surface area contributed by atoms with Crippen molar-refractivity contribution in [1.29, 1.82) is 0 Å². The molecule has 0 N–H and O–H groups in total. The van der Waals surface area contributed by atoms with Gasteiger partial charge in [-0.15, -0.1) is 0 Å². The molecule has 2 fully saturated rings. The average molecular weight is 380 g/mol. The Labute approximate surface area is 166 Å². The second-order valence-corrected chi connectivity index (χ2v) is 8.30. The number of rotatable bonds is 5. The van der Waals surface area contributed by atoms with Crippen molar-refractivity contribution < 1.29 is 9.15 Å². The van der Waals surface area contributed by atoms with Gasteiger partial charge in [0.05, 0.1) is 11.2 Å². The van der Waals surface area contributed by atoms with Gasteiger partial charge in [0.1, 0.15) is 17.6 Å². The van der Waals surface area contributed by atoms with Crippen LogP contribution in [-0.2, 0) is 6.54 Å². The Balaban J connectivity index is 1.24. The van der Waals surface area contributed by atoms with E-state index in [1.54, 1.807) is 6.39 Å². The van der Waals surface area contributed by atoms with Crippen molar-refractivity contribution in [2.75, 3.05) is 13.1 Å². The number of benzene rings is 1. The number of hydrogen-bond acceptors (Lipinski definition) is 4. The number of fused-ring (bicyclic) bond motifs is 1. The summed E-state index contributed by atoms with van der Waals surface area (Å²) in [5.41, 5.74) is 2.38. The molecule has 2 aliphatic rings. The lowest BCUT2D eigenvalue weighted by atomic mass is 10.1. The van der Waals surface area contributed by atoms with Crippen LogP contribution in [0, 0.1) is 6.92 Å². The highest BCUT2D eigenvalue weighted by molar-refractivity contribution is 5.86. The smallest absolute Gasteiger partial charge is 0.181 e. The summed E-state index contributed by atoms with van der Waals surface area (Å²) >= 11 is 0. The molecule has 2 aromatic heterocycles. The van der Waals surface area contributed by atoms with Crippen molar-refractivity contribution in [3.8, 4) is 5.75 Å². The summed E-state index contributed by atoms with van der Waals surface area (Å²) in [6.45, 7) is 4.93. The minimum atomic E-state index is 0.287. The van der Waals surface area contributed by atoms with Crippen molar-refractivity contribution in [3.05, 3.63) is 48.3 Å². The number of likely N-dealkylation sites (tertiary alicyclic amines) is 1. The van der Waals surface area contributed by atoms with Crippen molar-refractivity contribution in [3.63, 3.8) is 0 Å². The van der Waals surface area contributed by atoms with Gasteiger partial charge in [-0.3, -0.25) is 4.90 Å². The maximum Gasteiger partial charge on any atom is 0.181 e. The van der Waals surface area contributed by atoms with Crippen molar-refractivity contribution in [1.82, 2.24) is 14.5 Å². The van der Waals surface area contributed by atoms with Gasteiger partial charge in [-0.1, -0.05) is 18.9 Å². The van der Waals surface area contributed by atoms with E-state index in [-0.39, 0.29) is 6.10 Å². The molecule has 5 rings (SSSR count). The van der Waals surface area contributed by atoms with Crippen LogP contribution in [0.4, 0.5) is 0 Å². The molecule has 0 unspecified atom stereocenters. The molecule has 0 radical (unpaired) electrons. The van der Waals surface area contributed by atoms with Crippen LogP contribution >= 0.6 is 0 Å². The van der Waals surface area contributed by atoms with Crippen molar-refractivity contribution in [2.45, 2.75) is 64.1 Å². The van der Waals surface area contributed by atoms with Gasteiger partial charge in [-0.25, -0.2) is 4.98 Å². The molecule has 1 aliphatic heterocycles. The Kier molecular flexibility index (Phi) is 4.85. The van der Waals surface area contributed by atoms with E-state index in [2.05, 4.69) is 44.9 Å². The lowest BCUT2D eigenvalue weighted by molar-refractivity contribution is 0.0971. The molecule has 3 aromatic rings. The van der Waals surface area contributed by atoms with E-state index < -0.39 is 0 Å². The molecule has 0 bridgehead atoms. The van der Waals surface area contributed by atoms with Crippen LogP contribution in [0.25, 0.3) is 10.9 Å². The van der Waals surface area contributed by atoms with E-state index in [9.17, 15) is 0 Å². The zero-order valence-corrected chi connectivity index (χ0v) is 16.6. The highest BCUT2D eigenvalue weighted by Crippen LogP contribution is 2.36. The monoisotopic (exact) mass is 379 g/mol. The van der Waals surface area contributed by atoms with E-state index in [0.29, 0.717) is 6.04 Å². The van der Waals surface area contributed by atoms with Gasteiger partial charge in [-0.2, -0.15) is 0 Å². The third-order valence-corrected chi connectivity index (χ3v) is 6.49. The summed E-state index contributed by atoms with van der Waals surface area (Å²) in [4.78, 5) is 6.77. The molecule has 5 nitrogen and oxygen atoms in total. The predicted octanol–water partition coefficient (Wildman–Crippen LogP) is 5.10. The molecule has 1 saturated carbocycles. The Morgan fingerprint density at radius 2 is 1.93 bits per heavy atom. The van der Waals surface area contributed by atoms with Gasteiger partial charge in [0, 0.05) is 37.3 Å². The van der Waals surface area contributed by atoms with Crippen LogP contribution in [-0.4, -0.2) is 33.6 Å². The molecule has 28 heavy (non-hydrogen) atoms. The normalized spacial score (nSPS) is 19.6. The quantitative estimate of drug-likeness (QED) is 0.619. The third kappa shape index (κ3) is 3.44. The topological polar surface area (TPSA) is 43.4 Å². The highest BCUT2D eigenvalue weighted by atomic mass is 16.5. The molecule has 1 aliphatic carbocycles. The standard InChI is InChI=1S/C23H29N3O2/c1-17-21(24-16-27-17)15-25-12-9-19(10-13-25)28-23-8-4-7-22-20(23)11-14-26(22)18-5-2-3-6-18/h4,7-8,11,14,16,18-19H,2-3,5-6,9-10,12-13,15H2,1H3. The number of piperidine rings is 1. The fourth-order valence-corrected chi connectivity index (χ4v) is 4.82. The van der Waals surface area contributed by atoms with E-state index in [4.69, 9.17) is 9.15 Å². The Morgan fingerprint density at radius 3 is 2.68 bits per heavy atom. The molecule has 0 atom stereocenters. The minimum Gasteiger partial charge on any atom is -0.490 e. The van der Waals surface area contributed by atoms with Crippen LogP contribution in [0.15, 0.2) is 41.3 Å². The lowest BCUT2D eigenvalue weighted by Crippen LogP contribution is -2.38. The van der Waals surface area contributed by atoms with Gasteiger partial charge < -0.3 is 13.7 Å². The van der Waals surface area contributed by atoms with E-state index in [1.807, 2.05) is 6.92 Å². The van der Waals surface area contributed by atoms with Crippen LogP contribution in [0.1, 0.15) is 56.0 Å². The second kappa shape index (κ2) is 7.63. The maximum atomic E-state index is 6.48. The van der Waals surface area contributed by atoms with E-state index >= 15 is 0 Å². The zero-order chi connectivity index (χ0) is 18.9. The highest BCUT2D eigenvalue weighted by Gasteiger charge is 2.23.